The minimum absolute atomic E-state index is 0.0719. The third-order valence-electron chi connectivity index (χ3n) is 4.17. The Hall–Kier alpha value is -2.72. The molecular formula is C19H20F2N2O5S. The number of para-hydroxylation sites is 1. The van der Waals surface area contributed by atoms with Crippen molar-refractivity contribution >= 4 is 21.4 Å². The summed E-state index contributed by atoms with van der Waals surface area (Å²) in [5.41, 5.74) is 0.718. The van der Waals surface area contributed by atoms with Gasteiger partial charge in [-0.15, -0.1) is 0 Å². The average molecular weight is 426 g/mol. The molecule has 0 saturated heterocycles. The van der Waals surface area contributed by atoms with Crippen molar-refractivity contribution in [2.24, 2.45) is 0 Å². The monoisotopic (exact) mass is 426 g/mol. The topological polar surface area (TPSA) is 84.9 Å². The number of hydrogen-bond donors (Lipinski definition) is 1. The maximum absolute atomic E-state index is 12.9. The zero-order valence-corrected chi connectivity index (χ0v) is 16.4. The van der Waals surface area contributed by atoms with Gasteiger partial charge in [0.1, 0.15) is 13.2 Å². The molecule has 2 aromatic rings. The van der Waals surface area contributed by atoms with Gasteiger partial charge in [-0.05, 0) is 36.9 Å². The van der Waals surface area contributed by atoms with Crippen LogP contribution in [-0.4, -0.2) is 51.8 Å². The van der Waals surface area contributed by atoms with Gasteiger partial charge in [0.15, 0.2) is 11.5 Å². The van der Waals surface area contributed by atoms with E-state index in [9.17, 15) is 22.0 Å². The Morgan fingerprint density at radius 3 is 2.55 bits per heavy atom. The molecule has 0 radical (unpaired) electrons. The molecule has 156 valence electrons. The van der Waals surface area contributed by atoms with Gasteiger partial charge in [0.25, 0.3) is 0 Å². The van der Waals surface area contributed by atoms with Crippen LogP contribution >= 0.6 is 0 Å². The standard InChI is InChI=1S/C19H20F2N2O5S/c1-23(11-13-6-7-15-16(10-13)28-9-8-27-15)12-18(24)22-14-4-2-3-5-17(14)29(25,26)19(20)21/h2-7,10,19H,8-9,11-12H2,1H3,(H,22,24). The van der Waals surface area contributed by atoms with E-state index in [0.717, 1.165) is 11.6 Å². The first kappa shape index (κ1) is 21.0. The Morgan fingerprint density at radius 2 is 1.83 bits per heavy atom. The number of ether oxygens (including phenoxy) is 2. The normalized spacial score (nSPS) is 13.6. The number of amides is 1. The van der Waals surface area contributed by atoms with Crippen LogP contribution in [0.15, 0.2) is 47.4 Å². The molecule has 0 aliphatic carbocycles. The fraction of sp³-hybridized carbons (Fsp3) is 0.316. The first-order valence-corrected chi connectivity index (χ1v) is 10.3. The minimum Gasteiger partial charge on any atom is -0.486 e. The van der Waals surface area contributed by atoms with Gasteiger partial charge in [0, 0.05) is 6.54 Å². The molecule has 0 spiro atoms. The molecule has 2 aromatic carbocycles. The summed E-state index contributed by atoms with van der Waals surface area (Å²) in [6.07, 6.45) is 0. The molecule has 0 fully saturated rings. The van der Waals surface area contributed by atoms with Gasteiger partial charge in [0.2, 0.25) is 15.7 Å². The molecule has 10 heteroatoms. The van der Waals surface area contributed by atoms with Crippen LogP contribution in [0.4, 0.5) is 14.5 Å². The minimum atomic E-state index is -4.83. The van der Waals surface area contributed by atoms with Crippen LogP contribution in [-0.2, 0) is 21.2 Å². The second-order valence-corrected chi connectivity index (χ2v) is 8.39. The summed E-state index contributed by atoms with van der Waals surface area (Å²) in [5.74, 6) is -2.80. The van der Waals surface area contributed by atoms with E-state index >= 15 is 0 Å². The molecule has 1 aliphatic heterocycles. The second kappa shape index (κ2) is 8.75. The van der Waals surface area contributed by atoms with E-state index in [2.05, 4.69) is 5.32 Å². The van der Waals surface area contributed by atoms with Crippen LogP contribution in [0.2, 0.25) is 0 Å². The van der Waals surface area contributed by atoms with Crippen LogP contribution in [0.25, 0.3) is 0 Å². The molecule has 1 amide bonds. The molecule has 0 aromatic heterocycles. The summed E-state index contributed by atoms with van der Waals surface area (Å²) >= 11 is 0. The number of likely N-dealkylation sites (N-methyl/N-ethyl adjacent to an activating group) is 1. The van der Waals surface area contributed by atoms with Crippen LogP contribution in [0.1, 0.15) is 5.56 Å². The number of carbonyl (C=O) groups is 1. The lowest BCUT2D eigenvalue weighted by Crippen LogP contribution is -2.30. The lowest BCUT2D eigenvalue weighted by Gasteiger charge is -2.21. The summed E-state index contributed by atoms with van der Waals surface area (Å²) in [6, 6.07) is 10.6. The van der Waals surface area contributed by atoms with Crippen LogP contribution in [0.3, 0.4) is 0 Å². The molecule has 0 unspecified atom stereocenters. The average Bonchev–Trinajstić information content (AvgIpc) is 2.67. The fourth-order valence-electron chi connectivity index (χ4n) is 2.90. The number of hydrogen-bond acceptors (Lipinski definition) is 6. The van der Waals surface area contributed by atoms with E-state index in [-0.39, 0.29) is 12.2 Å². The van der Waals surface area contributed by atoms with Crippen LogP contribution in [0, 0.1) is 0 Å². The molecule has 29 heavy (non-hydrogen) atoms. The number of halogens is 2. The summed E-state index contributed by atoms with van der Waals surface area (Å²) in [7, 11) is -3.12. The number of carbonyl (C=O) groups excluding carboxylic acids is 1. The van der Waals surface area contributed by atoms with Crippen molar-refractivity contribution in [2.45, 2.75) is 17.2 Å². The van der Waals surface area contributed by atoms with Gasteiger partial charge in [0.05, 0.1) is 17.1 Å². The Bertz CT molecular complexity index is 998. The van der Waals surface area contributed by atoms with E-state index < -0.39 is 26.4 Å². The van der Waals surface area contributed by atoms with Crippen molar-refractivity contribution < 1.29 is 31.5 Å². The highest BCUT2D eigenvalue weighted by molar-refractivity contribution is 7.91. The molecule has 0 bridgehead atoms. The summed E-state index contributed by atoms with van der Waals surface area (Å²) in [6.45, 7) is 1.31. The SMILES string of the molecule is CN(CC(=O)Nc1ccccc1S(=O)(=O)C(F)F)Cc1ccc2c(c1)OCCO2. The largest absolute Gasteiger partial charge is 0.486 e. The second-order valence-electron chi connectivity index (χ2n) is 6.50. The van der Waals surface area contributed by atoms with Gasteiger partial charge >= 0.3 is 5.76 Å². The Balaban J connectivity index is 1.64. The van der Waals surface area contributed by atoms with Crippen LogP contribution in [0.5, 0.6) is 11.5 Å². The zero-order chi connectivity index (χ0) is 21.0. The van der Waals surface area contributed by atoms with Crippen molar-refractivity contribution in [1.29, 1.82) is 0 Å². The highest BCUT2D eigenvalue weighted by Crippen LogP contribution is 2.31. The predicted molar refractivity (Wildman–Crippen MR) is 102 cm³/mol. The summed E-state index contributed by atoms with van der Waals surface area (Å²) in [4.78, 5) is 13.4. The number of rotatable bonds is 7. The van der Waals surface area contributed by atoms with E-state index in [1.807, 2.05) is 12.1 Å². The molecule has 1 heterocycles. The van der Waals surface area contributed by atoms with Gasteiger partial charge in [-0.2, -0.15) is 8.78 Å². The number of sulfone groups is 1. The maximum Gasteiger partial charge on any atom is 0.341 e. The maximum atomic E-state index is 12.9. The lowest BCUT2D eigenvalue weighted by molar-refractivity contribution is -0.117. The molecule has 3 rings (SSSR count). The smallest absolute Gasteiger partial charge is 0.341 e. The van der Waals surface area contributed by atoms with E-state index in [1.165, 1.54) is 18.2 Å². The van der Waals surface area contributed by atoms with Crippen molar-refractivity contribution in [2.75, 3.05) is 32.1 Å². The predicted octanol–water partition coefficient (Wildman–Crippen LogP) is 2.52. The van der Waals surface area contributed by atoms with Crippen molar-refractivity contribution in [1.82, 2.24) is 4.90 Å². The lowest BCUT2D eigenvalue weighted by atomic mass is 10.2. The van der Waals surface area contributed by atoms with Gasteiger partial charge in [-0.1, -0.05) is 18.2 Å². The number of nitrogens with zero attached hydrogens (tertiary/aromatic N) is 1. The molecule has 1 aliphatic rings. The summed E-state index contributed by atoms with van der Waals surface area (Å²) < 4.78 is 60.3. The van der Waals surface area contributed by atoms with Gasteiger partial charge < -0.3 is 14.8 Å². The zero-order valence-electron chi connectivity index (χ0n) is 15.6. The summed E-state index contributed by atoms with van der Waals surface area (Å²) in [5, 5.41) is 2.40. The Kier molecular flexibility index (Phi) is 6.33. The van der Waals surface area contributed by atoms with Crippen molar-refractivity contribution in [3.63, 3.8) is 0 Å². The van der Waals surface area contributed by atoms with Gasteiger partial charge in [-0.3, -0.25) is 9.69 Å². The van der Waals surface area contributed by atoms with E-state index in [4.69, 9.17) is 9.47 Å². The molecule has 0 saturated carbocycles. The van der Waals surface area contributed by atoms with E-state index in [0.29, 0.717) is 31.3 Å². The third-order valence-corrected chi connectivity index (χ3v) is 5.61. The van der Waals surface area contributed by atoms with E-state index in [1.54, 1.807) is 18.0 Å². The number of alkyl halides is 2. The van der Waals surface area contributed by atoms with Crippen molar-refractivity contribution in [3.8, 4) is 11.5 Å². The molecular weight excluding hydrogens is 406 g/mol. The Morgan fingerprint density at radius 1 is 1.14 bits per heavy atom. The quantitative estimate of drug-likeness (QED) is 0.733. The third kappa shape index (κ3) is 5.01. The molecule has 7 nitrogen and oxygen atoms in total. The highest BCUT2D eigenvalue weighted by Gasteiger charge is 2.29. The fourth-order valence-corrected chi connectivity index (χ4v) is 3.79. The van der Waals surface area contributed by atoms with Gasteiger partial charge in [-0.25, -0.2) is 8.42 Å². The highest BCUT2D eigenvalue weighted by atomic mass is 32.2. The first-order valence-electron chi connectivity index (χ1n) is 8.75. The van der Waals surface area contributed by atoms with Crippen LogP contribution < -0.4 is 14.8 Å². The number of benzene rings is 2. The Labute approximate surface area is 167 Å². The molecule has 1 N–H and O–H groups in total. The first-order chi connectivity index (χ1) is 13.8. The number of anilines is 1. The number of fused-ring (bicyclic) bond motifs is 1. The molecule has 0 atom stereocenters. The van der Waals surface area contributed by atoms with Crippen molar-refractivity contribution in [3.05, 3.63) is 48.0 Å². The number of nitrogens with one attached hydrogen (secondary N) is 1.